The molecule has 0 N–H and O–H groups in total. The number of likely N-dealkylation sites (N-methyl/N-ethyl adjacent to an activating group) is 1. The number of carbonyl (C=O) groups excluding carboxylic acids is 1. The van der Waals surface area contributed by atoms with E-state index in [1.54, 1.807) is 0 Å². The molecule has 130 valence electrons. The Morgan fingerprint density at radius 2 is 1.64 bits per heavy atom. The van der Waals surface area contributed by atoms with Gasteiger partial charge in [0.15, 0.2) is 0 Å². The molecule has 0 bridgehead atoms. The van der Waals surface area contributed by atoms with Gasteiger partial charge in [0.05, 0.1) is 0 Å². The Kier molecular flexibility index (Phi) is 9.77. The van der Waals surface area contributed by atoms with E-state index in [0.717, 1.165) is 32.6 Å². The highest BCUT2D eigenvalue weighted by molar-refractivity contribution is 5.76. The van der Waals surface area contributed by atoms with Crippen molar-refractivity contribution in [3.8, 4) is 0 Å². The van der Waals surface area contributed by atoms with E-state index in [2.05, 4.69) is 37.6 Å². The third-order valence-corrected chi connectivity index (χ3v) is 4.74. The number of amides is 1. The fourth-order valence-corrected chi connectivity index (χ4v) is 3.26. The second-order valence-corrected chi connectivity index (χ2v) is 7.23. The van der Waals surface area contributed by atoms with E-state index < -0.39 is 0 Å². The fraction of sp³-hybridized carbons (Fsp3) is 0.947. The molecule has 0 aromatic carbocycles. The maximum atomic E-state index is 12.6. The number of nitrogens with zero attached hydrogens (tertiary/aromatic N) is 2. The van der Waals surface area contributed by atoms with E-state index in [-0.39, 0.29) is 0 Å². The summed E-state index contributed by atoms with van der Waals surface area (Å²) < 4.78 is 0. The SMILES string of the molecule is CCCC(CCC)CN(CCN(C)CCC)C(=O)CC1CC1. The van der Waals surface area contributed by atoms with Crippen LogP contribution in [0, 0.1) is 11.8 Å². The minimum atomic E-state index is 0.407. The van der Waals surface area contributed by atoms with Crippen LogP contribution in [0.1, 0.15) is 72.1 Å². The molecule has 0 unspecified atom stereocenters. The smallest absolute Gasteiger partial charge is 0.222 e. The normalized spacial score (nSPS) is 14.8. The summed E-state index contributed by atoms with van der Waals surface area (Å²) in [5.41, 5.74) is 0. The van der Waals surface area contributed by atoms with Crippen molar-refractivity contribution in [2.45, 2.75) is 72.1 Å². The second-order valence-electron chi connectivity index (χ2n) is 7.23. The molecule has 1 amide bonds. The number of hydrogen-bond acceptors (Lipinski definition) is 2. The molecule has 1 rings (SSSR count). The predicted octanol–water partition coefficient (Wildman–Crippen LogP) is 4.17. The highest BCUT2D eigenvalue weighted by atomic mass is 16.2. The van der Waals surface area contributed by atoms with Gasteiger partial charge in [0.1, 0.15) is 0 Å². The Labute approximate surface area is 138 Å². The first-order valence-corrected chi connectivity index (χ1v) is 9.56. The van der Waals surface area contributed by atoms with Gasteiger partial charge in [-0.2, -0.15) is 0 Å². The molecule has 3 nitrogen and oxygen atoms in total. The first-order valence-electron chi connectivity index (χ1n) is 9.56. The van der Waals surface area contributed by atoms with Gasteiger partial charge in [-0.3, -0.25) is 4.79 Å². The summed E-state index contributed by atoms with van der Waals surface area (Å²) >= 11 is 0. The van der Waals surface area contributed by atoms with Crippen molar-refractivity contribution < 1.29 is 4.79 Å². The minimum absolute atomic E-state index is 0.407. The van der Waals surface area contributed by atoms with Crippen molar-refractivity contribution in [1.82, 2.24) is 9.80 Å². The van der Waals surface area contributed by atoms with Gasteiger partial charge in [-0.1, -0.05) is 33.6 Å². The molecule has 1 aliphatic carbocycles. The lowest BCUT2D eigenvalue weighted by molar-refractivity contribution is -0.132. The first-order chi connectivity index (χ1) is 10.6. The molecule has 0 spiro atoms. The Morgan fingerprint density at radius 1 is 1.00 bits per heavy atom. The zero-order valence-corrected chi connectivity index (χ0v) is 15.4. The summed E-state index contributed by atoms with van der Waals surface area (Å²) in [4.78, 5) is 17.1. The molecule has 0 aromatic rings. The van der Waals surface area contributed by atoms with Crippen LogP contribution >= 0.6 is 0 Å². The fourth-order valence-electron chi connectivity index (χ4n) is 3.26. The summed E-state index contributed by atoms with van der Waals surface area (Å²) in [5.74, 6) is 1.79. The molecule has 0 heterocycles. The number of hydrogen-bond donors (Lipinski definition) is 0. The van der Waals surface area contributed by atoms with E-state index >= 15 is 0 Å². The Balaban J connectivity index is 2.52. The predicted molar refractivity (Wildman–Crippen MR) is 95.0 cm³/mol. The van der Waals surface area contributed by atoms with Gasteiger partial charge in [-0.25, -0.2) is 0 Å². The van der Waals surface area contributed by atoms with Crippen LogP contribution in [0.2, 0.25) is 0 Å². The standard InChI is InChI=1S/C19H38N2O/c1-5-8-18(9-6-2)16-21(14-13-20(4)12-7-3)19(22)15-17-10-11-17/h17-18H,5-16H2,1-4H3. The third-order valence-electron chi connectivity index (χ3n) is 4.74. The maximum Gasteiger partial charge on any atom is 0.222 e. The first kappa shape index (κ1) is 19.5. The zero-order chi connectivity index (χ0) is 16.4. The van der Waals surface area contributed by atoms with Crippen LogP contribution in [-0.2, 0) is 4.79 Å². The summed E-state index contributed by atoms with van der Waals surface area (Å²) in [5, 5.41) is 0. The summed E-state index contributed by atoms with van der Waals surface area (Å²) in [6, 6.07) is 0. The number of rotatable bonds is 13. The Hall–Kier alpha value is -0.570. The molecule has 22 heavy (non-hydrogen) atoms. The average molecular weight is 311 g/mol. The van der Waals surface area contributed by atoms with E-state index in [1.807, 2.05) is 0 Å². The van der Waals surface area contributed by atoms with Crippen LogP contribution in [0.4, 0.5) is 0 Å². The topological polar surface area (TPSA) is 23.6 Å². The second kappa shape index (κ2) is 11.0. The highest BCUT2D eigenvalue weighted by Crippen LogP contribution is 2.33. The number of carbonyl (C=O) groups is 1. The molecule has 0 saturated heterocycles. The maximum absolute atomic E-state index is 12.6. The van der Waals surface area contributed by atoms with Crippen molar-refractivity contribution in [3.63, 3.8) is 0 Å². The van der Waals surface area contributed by atoms with Crippen LogP contribution in [0.3, 0.4) is 0 Å². The molecular weight excluding hydrogens is 272 g/mol. The lowest BCUT2D eigenvalue weighted by Crippen LogP contribution is -2.40. The lowest BCUT2D eigenvalue weighted by atomic mass is 9.97. The van der Waals surface area contributed by atoms with E-state index in [1.165, 1.54) is 44.9 Å². The average Bonchev–Trinajstić information content (AvgIpc) is 3.27. The molecule has 0 radical (unpaired) electrons. The van der Waals surface area contributed by atoms with Crippen LogP contribution in [0.25, 0.3) is 0 Å². The quantitative estimate of drug-likeness (QED) is 0.509. The molecule has 0 aromatic heterocycles. The van der Waals surface area contributed by atoms with Gasteiger partial charge >= 0.3 is 0 Å². The van der Waals surface area contributed by atoms with Crippen molar-refractivity contribution in [3.05, 3.63) is 0 Å². The van der Waals surface area contributed by atoms with Crippen LogP contribution in [-0.4, -0.2) is 48.9 Å². The van der Waals surface area contributed by atoms with E-state index in [4.69, 9.17) is 0 Å². The molecule has 3 heteroatoms. The van der Waals surface area contributed by atoms with Gasteiger partial charge in [-0.05, 0) is 57.5 Å². The van der Waals surface area contributed by atoms with Crippen LogP contribution in [0.15, 0.2) is 0 Å². The van der Waals surface area contributed by atoms with Crippen molar-refractivity contribution in [2.75, 3.05) is 33.2 Å². The van der Waals surface area contributed by atoms with E-state index in [9.17, 15) is 4.79 Å². The minimum Gasteiger partial charge on any atom is -0.341 e. The van der Waals surface area contributed by atoms with Gasteiger partial charge in [-0.15, -0.1) is 0 Å². The molecule has 1 fully saturated rings. The van der Waals surface area contributed by atoms with E-state index in [0.29, 0.717) is 17.7 Å². The molecular formula is C19H38N2O. The van der Waals surface area contributed by atoms with Crippen LogP contribution in [0.5, 0.6) is 0 Å². The Bertz CT molecular complexity index is 296. The zero-order valence-electron chi connectivity index (χ0n) is 15.4. The molecule has 0 atom stereocenters. The highest BCUT2D eigenvalue weighted by Gasteiger charge is 2.27. The summed E-state index contributed by atoms with van der Waals surface area (Å²) in [6.07, 6.45) is 9.47. The molecule has 1 aliphatic rings. The monoisotopic (exact) mass is 310 g/mol. The summed E-state index contributed by atoms with van der Waals surface area (Å²) in [6.45, 7) is 10.7. The van der Waals surface area contributed by atoms with Crippen molar-refractivity contribution >= 4 is 5.91 Å². The lowest BCUT2D eigenvalue weighted by Gasteiger charge is -2.29. The molecule has 1 saturated carbocycles. The largest absolute Gasteiger partial charge is 0.341 e. The van der Waals surface area contributed by atoms with Gasteiger partial charge in [0.25, 0.3) is 0 Å². The molecule has 0 aliphatic heterocycles. The summed E-state index contributed by atoms with van der Waals surface area (Å²) in [7, 11) is 2.17. The third kappa shape index (κ3) is 8.17. The van der Waals surface area contributed by atoms with Gasteiger partial charge in [0.2, 0.25) is 5.91 Å². The van der Waals surface area contributed by atoms with Crippen LogP contribution < -0.4 is 0 Å². The Morgan fingerprint density at radius 3 is 2.14 bits per heavy atom. The van der Waals surface area contributed by atoms with Gasteiger partial charge in [0, 0.05) is 26.1 Å². The van der Waals surface area contributed by atoms with Crippen molar-refractivity contribution in [2.24, 2.45) is 11.8 Å². The van der Waals surface area contributed by atoms with Crippen molar-refractivity contribution in [1.29, 1.82) is 0 Å². The van der Waals surface area contributed by atoms with Gasteiger partial charge < -0.3 is 9.80 Å².